The zero-order chi connectivity index (χ0) is 19.2. The summed E-state index contributed by atoms with van der Waals surface area (Å²) in [4.78, 5) is 12.9. The van der Waals surface area contributed by atoms with Gasteiger partial charge in [0.25, 0.3) is 5.91 Å². The van der Waals surface area contributed by atoms with Crippen molar-refractivity contribution in [2.75, 3.05) is 21.3 Å². The topological polar surface area (TPSA) is 56.8 Å². The van der Waals surface area contributed by atoms with E-state index in [0.29, 0.717) is 17.1 Å². The van der Waals surface area contributed by atoms with E-state index in [4.69, 9.17) is 14.2 Å². The van der Waals surface area contributed by atoms with Gasteiger partial charge in [-0.1, -0.05) is 31.0 Å². The molecule has 144 valence electrons. The largest absolute Gasteiger partial charge is 0.496 e. The van der Waals surface area contributed by atoms with E-state index in [0.717, 1.165) is 37.0 Å². The van der Waals surface area contributed by atoms with Crippen LogP contribution in [-0.2, 0) is 0 Å². The molecular formula is C22H27NO4. The Morgan fingerprint density at radius 3 is 2.33 bits per heavy atom. The predicted molar refractivity (Wildman–Crippen MR) is 105 cm³/mol. The molecule has 0 aliphatic heterocycles. The first-order valence-electron chi connectivity index (χ1n) is 9.33. The van der Waals surface area contributed by atoms with Crippen LogP contribution in [0.4, 0.5) is 0 Å². The number of rotatable bonds is 6. The highest BCUT2D eigenvalue weighted by molar-refractivity contribution is 5.97. The van der Waals surface area contributed by atoms with Crippen molar-refractivity contribution in [1.82, 2.24) is 5.32 Å². The van der Waals surface area contributed by atoms with Gasteiger partial charge in [0.15, 0.2) is 11.5 Å². The van der Waals surface area contributed by atoms with Crippen molar-refractivity contribution < 1.29 is 19.0 Å². The first-order valence-corrected chi connectivity index (χ1v) is 9.33. The van der Waals surface area contributed by atoms with Gasteiger partial charge in [-0.2, -0.15) is 0 Å². The molecule has 5 nitrogen and oxygen atoms in total. The molecule has 5 heteroatoms. The summed E-state index contributed by atoms with van der Waals surface area (Å²) in [6.07, 6.45) is 4.26. The summed E-state index contributed by atoms with van der Waals surface area (Å²) in [6, 6.07) is 13.4. The second-order valence-corrected chi connectivity index (χ2v) is 6.79. The van der Waals surface area contributed by atoms with E-state index in [1.54, 1.807) is 27.4 Å². The number of nitrogens with one attached hydrogen (secondary N) is 1. The summed E-state index contributed by atoms with van der Waals surface area (Å²) in [5, 5.41) is 3.23. The summed E-state index contributed by atoms with van der Waals surface area (Å²) in [5.41, 5.74) is 1.73. The molecule has 1 saturated carbocycles. The summed E-state index contributed by atoms with van der Waals surface area (Å²) < 4.78 is 16.1. The lowest BCUT2D eigenvalue weighted by Gasteiger charge is -2.33. The molecule has 0 radical (unpaired) electrons. The lowest BCUT2D eigenvalue weighted by Crippen LogP contribution is -2.41. The van der Waals surface area contributed by atoms with Gasteiger partial charge in [0.2, 0.25) is 0 Å². The number of hydrogen-bond acceptors (Lipinski definition) is 4. The quantitative estimate of drug-likeness (QED) is 0.830. The van der Waals surface area contributed by atoms with Crippen molar-refractivity contribution in [3.8, 4) is 17.2 Å². The van der Waals surface area contributed by atoms with Crippen molar-refractivity contribution in [2.45, 2.75) is 37.6 Å². The Morgan fingerprint density at radius 2 is 1.59 bits per heavy atom. The first-order chi connectivity index (χ1) is 13.2. The molecule has 1 amide bonds. The van der Waals surface area contributed by atoms with Gasteiger partial charge in [-0.25, -0.2) is 0 Å². The maximum absolute atomic E-state index is 12.9. The van der Waals surface area contributed by atoms with E-state index >= 15 is 0 Å². The maximum Gasteiger partial charge on any atom is 0.255 e. The summed E-state index contributed by atoms with van der Waals surface area (Å²) in [7, 11) is 4.86. The second-order valence-electron chi connectivity index (χ2n) is 6.79. The van der Waals surface area contributed by atoms with E-state index in [1.165, 1.54) is 0 Å². The summed E-state index contributed by atoms with van der Waals surface area (Å²) in [6.45, 7) is 0. The number of amides is 1. The molecule has 3 rings (SSSR count). The molecule has 27 heavy (non-hydrogen) atoms. The first kappa shape index (κ1) is 19.1. The van der Waals surface area contributed by atoms with Crippen LogP contribution in [0.2, 0.25) is 0 Å². The normalized spacial score (nSPS) is 19.2. The third-order valence-electron chi connectivity index (χ3n) is 5.27. The molecule has 2 unspecified atom stereocenters. The van der Waals surface area contributed by atoms with Gasteiger partial charge in [-0.05, 0) is 42.7 Å². The summed E-state index contributed by atoms with van der Waals surface area (Å²) >= 11 is 0. The zero-order valence-corrected chi connectivity index (χ0v) is 16.2. The average molecular weight is 369 g/mol. The fourth-order valence-corrected chi connectivity index (χ4v) is 3.86. The van der Waals surface area contributed by atoms with Crippen LogP contribution in [0.1, 0.15) is 47.5 Å². The molecule has 1 N–H and O–H groups in total. The molecule has 1 aliphatic rings. The fourth-order valence-electron chi connectivity index (χ4n) is 3.86. The summed E-state index contributed by atoms with van der Waals surface area (Å²) in [5.74, 6) is 2.18. The number of para-hydroxylation sites is 1. The maximum atomic E-state index is 12.9. The lowest BCUT2D eigenvalue weighted by molar-refractivity contribution is 0.0917. The van der Waals surface area contributed by atoms with Crippen LogP contribution in [0.15, 0.2) is 42.5 Å². The van der Waals surface area contributed by atoms with Crippen LogP contribution in [-0.4, -0.2) is 33.3 Å². The van der Waals surface area contributed by atoms with E-state index in [-0.39, 0.29) is 17.9 Å². The molecule has 2 aromatic rings. The Hall–Kier alpha value is -2.69. The Kier molecular flexibility index (Phi) is 6.22. The molecule has 2 aromatic carbocycles. The Morgan fingerprint density at radius 1 is 0.889 bits per heavy atom. The standard InChI is InChI=1S/C22H27NO4/c1-25-19-11-7-5-9-17(19)22(24)23-18-10-6-4-8-16(18)15-12-13-20(26-2)21(14-15)27-3/h5,7,9,11-14,16,18H,4,6,8,10H2,1-3H3,(H,23,24). The van der Waals surface area contributed by atoms with Crippen LogP contribution in [0.25, 0.3) is 0 Å². The van der Waals surface area contributed by atoms with Gasteiger partial charge in [-0.3, -0.25) is 4.79 Å². The van der Waals surface area contributed by atoms with E-state index < -0.39 is 0 Å². The SMILES string of the molecule is COc1ccc(C2CCCCC2NC(=O)c2ccccc2OC)cc1OC. The van der Waals surface area contributed by atoms with Gasteiger partial charge in [0, 0.05) is 12.0 Å². The number of carbonyl (C=O) groups is 1. The van der Waals surface area contributed by atoms with Gasteiger partial charge in [0.1, 0.15) is 5.75 Å². The van der Waals surface area contributed by atoms with Gasteiger partial charge in [0.05, 0.1) is 26.9 Å². The van der Waals surface area contributed by atoms with Crippen LogP contribution in [0.5, 0.6) is 17.2 Å². The smallest absolute Gasteiger partial charge is 0.255 e. The van der Waals surface area contributed by atoms with Crippen molar-refractivity contribution in [1.29, 1.82) is 0 Å². The molecule has 0 aromatic heterocycles. The second kappa shape index (κ2) is 8.80. The molecular weight excluding hydrogens is 342 g/mol. The minimum atomic E-state index is -0.0928. The molecule has 1 aliphatic carbocycles. The van der Waals surface area contributed by atoms with E-state index in [2.05, 4.69) is 11.4 Å². The van der Waals surface area contributed by atoms with Crippen molar-refractivity contribution in [3.05, 3.63) is 53.6 Å². The number of methoxy groups -OCH3 is 3. The highest BCUT2D eigenvalue weighted by atomic mass is 16.5. The zero-order valence-electron chi connectivity index (χ0n) is 16.2. The minimum absolute atomic E-state index is 0.0780. The lowest BCUT2D eigenvalue weighted by atomic mass is 9.79. The van der Waals surface area contributed by atoms with Crippen LogP contribution >= 0.6 is 0 Å². The number of benzene rings is 2. The monoisotopic (exact) mass is 369 g/mol. The van der Waals surface area contributed by atoms with E-state index in [9.17, 15) is 4.79 Å². The molecule has 0 heterocycles. The molecule has 0 bridgehead atoms. The van der Waals surface area contributed by atoms with Crippen LogP contribution in [0, 0.1) is 0 Å². The minimum Gasteiger partial charge on any atom is -0.496 e. The molecule has 1 fully saturated rings. The van der Waals surface area contributed by atoms with Gasteiger partial charge >= 0.3 is 0 Å². The fraction of sp³-hybridized carbons (Fsp3) is 0.409. The Balaban J connectivity index is 1.82. The van der Waals surface area contributed by atoms with Crippen molar-refractivity contribution >= 4 is 5.91 Å². The third-order valence-corrected chi connectivity index (χ3v) is 5.27. The highest BCUT2D eigenvalue weighted by Crippen LogP contribution is 2.37. The number of hydrogen-bond donors (Lipinski definition) is 1. The average Bonchev–Trinajstić information content (AvgIpc) is 2.73. The Labute approximate surface area is 160 Å². The third kappa shape index (κ3) is 4.18. The van der Waals surface area contributed by atoms with Crippen molar-refractivity contribution in [3.63, 3.8) is 0 Å². The van der Waals surface area contributed by atoms with Gasteiger partial charge in [-0.15, -0.1) is 0 Å². The van der Waals surface area contributed by atoms with Crippen molar-refractivity contribution in [2.24, 2.45) is 0 Å². The molecule has 0 spiro atoms. The molecule has 2 atom stereocenters. The van der Waals surface area contributed by atoms with Crippen LogP contribution < -0.4 is 19.5 Å². The van der Waals surface area contributed by atoms with E-state index in [1.807, 2.05) is 30.3 Å². The number of ether oxygens (including phenoxy) is 3. The van der Waals surface area contributed by atoms with Crippen LogP contribution in [0.3, 0.4) is 0 Å². The number of carbonyl (C=O) groups excluding carboxylic acids is 1. The predicted octanol–water partition coefficient (Wildman–Crippen LogP) is 4.17. The Bertz CT molecular complexity index is 790. The molecule has 0 saturated heterocycles. The highest BCUT2D eigenvalue weighted by Gasteiger charge is 2.29. The van der Waals surface area contributed by atoms with Gasteiger partial charge < -0.3 is 19.5 Å².